The van der Waals surface area contributed by atoms with Crippen molar-refractivity contribution in [3.8, 4) is 11.8 Å². The lowest BCUT2D eigenvalue weighted by Gasteiger charge is -2.14. The van der Waals surface area contributed by atoms with Crippen LogP contribution in [0, 0.1) is 11.3 Å². The SMILES string of the molecule is CC(NCc1cccc(C#N)c1)c1cccc(O)c1. The van der Waals surface area contributed by atoms with Crippen LogP contribution in [-0.2, 0) is 6.54 Å². The first-order valence-corrected chi connectivity index (χ1v) is 6.20. The average molecular weight is 252 g/mol. The standard InChI is InChI=1S/C16H16N2O/c1-12(15-6-3-7-16(19)9-15)18-11-14-5-2-4-13(8-14)10-17/h2-9,12,18-19H,11H2,1H3. The fraction of sp³-hybridized carbons (Fsp3) is 0.188. The van der Waals surface area contributed by atoms with Gasteiger partial charge in [0, 0.05) is 12.6 Å². The molecular formula is C16H16N2O. The van der Waals surface area contributed by atoms with E-state index in [0.29, 0.717) is 12.1 Å². The van der Waals surface area contributed by atoms with Gasteiger partial charge in [0.2, 0.25) is 0 Å². The monoisotopic (exact) mass is 252 g/mol. The van der Waals surface area contributed by atoms with Crippen LogP contribution in [0.4, 0.5) is 0 Å². The zero-order chi connectivity index (χ0) is 13.7. The van der Waals surface area contributed by atoms with E-state index >= 15 is 0 Å². The minimum atomic E-state index is 0.137. The van der Waals surface area contributed by atoms with E-state index in [0.717, 1.165) is 11.1 Å². The van der Waals surface area contributed by atoms with Gasteiger partial charge in [0.1, 0.15) is 5.75 Å². The summed E-state index contributed by atoms with van der Waals surface area (Å²) in [6, 6.07) is 17.0. The van der Waals surface area contributed by atoms with E-state index in [9.17, 15) is 5.11 Å². The van der Waals surface area contributed by atoms with Crippen LogP contribution in [0.2, 0.25) is 0 Å². The number of nitrogens with zero attached hydrogens (tertiary/aromatic N) is 1. The number of rotatable bonds is 4. The second-order valence-corrected chi connectivity index (χ2v) is 4.51. The Hall–Kier alpha value is -2.31. The van der Waals surface area contributed by atoms with Gasteiger partial charge >= 0.3 is 0 Å². The molecule has 0 spiro atoms. The molecule has 19 heavy (non-hydrogen) atoms. The summed E-state index contributed by atoms with van der Waals surface area (Å²) in [5, 5.41) is 21.7. The molecule has 0 aliphatic rings. The molecule has 2 aromatic carbocycles. The molecule has 1 unspecified atom stereocenters. The minimum absolute atomic E-state index is 0.137. The molecule has 0 saturated heterocycles. The highest BCUT2D eigenvalue weighted by Crippen LogP contribution is 2.18. The molecule has 0 fully saturated rings. The molecule has 2 aromatic rings. The largest absolute Gasteiger partial charge is 0.508 e. The predicted octanol–water partition coefficient (Wildman–Crippen LogP) is 3.11. The van der Waals surface area contributed by atoms with E-state index in [1.54, 1.807) is 18.2 Å². The van der Waals surface area contributed by atoms with Gasteiger partial charge in [0.15, 0.2) is 0 Å². The predicted molar refractivity (Wildman–Crippen MR) is 74.5 cm³/mol. The van der Waals surface area contributed by atoms with Crippen LogP contribution >= 0.6 is 0 Å². The molecule has 1 atom stereocenters. The summed E-state index contributed by atoms with van der Waals surface area (Å²) in [5.74, 6) is 0.276. The minimum Gasteiger partial charge on any atom is -0.508 e. The van der Waals surface area contributed by atoms with Crippen molar-refractivity contribution >= 4 is 0 Å². The highest BCUT2D eigenvalue weighted by atomic mass is 16.3. The highest BCUT2D eigenvalue weighted by molar-refractivity contribution is 5.33. The van der Waals surface area contributed by atoms with Gasteiger partial charge in [-0.2, -0.15) is 5.26 Å². The van der Waals surface area contributed by atoms with E-state index < -0.39 is 0 Å². The first-order valence-electron chi connectivity index (χ1n) is 6.20. The number of nitriles is 1. The van der Waals surface area contributed by atoms with E-state index in [1.165, 1.54) is 0 Å². The summed E-state index contributed by atoms with van der Waals surface area (Å²) in [7, 11) is 0. The zero-order valence-corrected chi connectivity index (χ0v) is 10.8. The van der Waals surface area contributed by atoms with Gasteiger partial charge in [-0.25, -0.2) is 0 Å². The van der Waals surface area contributed by atoms with Crippen molar-refractivity contribution in [3.05, 3.63) is 65.2 Å². The molecule has 2 rings (SSSR count). The Labute approximate surface area is 113 Å². The average Bonchev–Trinajstić information content (AvgIpc) is 2.45. The Morgan fingerprint density at radius 2 is 2.00 bits per heavy atom. The van der Waals surface area contributed by atoms with Crippen molar-refractivity contribution in [3.63, 3.8) is 0 Å². The van der Waals surface area contributed by atoms with Crippen LogP contribution in [-0.4, -0.2) is 5.11 Å². The Morgan fingerprint density at radius 1 is 1.21 bits per heavy atom. The number of hydrogen-bond acceptors (Lipinski definition) is 3. The van der Waals surface area contributed by atoms with Gasteiger partial charge in [0.25, 0.3) is 0 Å². The summed E-state index contributed by atoms with van der Waals surface area (Å²) in [4.78, 5) is 0. The molecule has 3 nitrogen and oxygen atoms in total. The number of nitrogens with one attached hydrogen (secondary N) is 1. The van der Waals surface area contributed by atoms with Gasteiger partial charge in [-0.1, -0.05) is 24.3 Å². The van der Waals surface area contributed by atoms with E-state index in [1.807, 2.05) is 37.3 Å². The van der Waals surface area contributed by atoms with Crippen LogP contribution < -0.4 is 5.32 Å². The Bertz CT molecular complexity index is 602. The summed E-state index contributed by atoms with van der Waals surface area (Å²) in [5.41, 5.74) is 2.78. The molecule has 0 aliphatic heterocycles. The number of benzene rings is 2. The lowest BCUT2D eigenvalue weighted by Crippen LogP contribution is -2.18. The number of phenolic OH excluding ortho intramolecular Hbond substituents is 1. The van der Waals surface area contributed by atoms with Gasteiger partial charge in [-0.15, -0.1) is 0 Å². The molecule has 0 aromatic heterocycles. The topological polar surface area (TPSA) is 56.0 Å². The second kappa shape index (κ2) is 6.03. The molecule has 3 heteroatoms. The third kappa shape index (κ3) is 3.57. The van der Waals surface area contributed by atoms with Gasteiger partial charge < -0.3 is 10.4 Å². The van der Waals surface area contributed by atoms with Gasteiger partial charge in [0.05, 0.1) is 11.6 Å². The van der Waals surface area contributed by atoms with E-state index in [2.05, 4.69) is 11.4 Å². The normalized spacial score (nSPS) is 11.8. The van der Waals surface area contributed by atoms with Crippen LogP contribution in [0.5, 0.6) is 5.75 Å². The molecular weight excluding hydrogens is 236 g/mol. The lowest BCUT2D eigenvalue weighted by molar-refractivity contribution is 0.472. The lowest BCUT2D eigenvalue weighted by atomic mass is 10.1. The number of hydrogen-bond donors (Lipinski definition) is 2. The van der Waals surface area contributed by atoms with Gasteiger partial charge in [-0.3, -0.25) is 0 Å². The van der Waals surface area contributed by atoms with Crippen molar-refractivity contribution in [1.29, 1.82) is 5.26 Å². The van der Waals surface area contributed by atoms with Gasteiger partial charge in [-0.05, 0) is 42.3 Å². The number of phenols is 1. The number of aromatic hydroxyl groups is 1. The summed E-state index contributed by atoms with van der Waals surface area (Å²) in [6.45, 7) is 2.73. The zero-order valence-electron chi connectivity index (χ0n) is 10.8. The fourth-order valence-corrected chi connectivity index (χ4v) is 1.93. The highest BCUT2D eigenvalue weighted by Gasteiger charge is 2.05. The quantitative estimate of drug-likeness (QED) is 0.879. The van der Waals surface area contributed by atoms with E-state index in [-0.39, 0.29) is 11.8 Å². The van der Waals surface area contributed by atoms with Crippen molar-refractivity contribution < 1.29 is 5.11 Å². The summed E-state index contributed by atoms with van der Waals surface area (Å²) < 4.78 is 0. The maximum absolute atomic E-state index is 9.45. The van der Waals surface area contributed by atoms with Crippen LogP contribution in [0.3, 0.4) is 0 Å². The Kier molecular flexibility index (Phi) is 4.17. The van der Waals surface area contributed by atoms with Crippen molar-refractivity contribution in [2.24, 2.45) is 0 Å². The third-order valence-electron chi connectivity index (χ3n) is 3.04. The molecule has 0 aliphatic carbocycles. The smallest absolute Gasteiger partial charge is 0.115 e. The van der Waals surface area contributed by atoms with Crippen LogP contribution in [0.1, 0.15) is 29.7 Å². The molecule has 0 saturated carbocycles. The molecule has 96 valence electrons. The third-order valence-corrected chi connectivity index (χ3v) is 3.04. The van der Waals surface area contributed by atoms with Crippen LogP contribution in [0.15, 0.2) is 48.5 Å². The summed E-state index contributed by atoms with van der Waals surface area (Å²) >= 11 is 0. The first-order chi connectivity index (χ1) is 9.19. The summed E-state index contributed by atoms with van der Waals surface area (Å²) in [6.07, 6.45) is 0. The van der Waals surface area contributed by atoms with Crippen LogP contribution in [0.25, 0.3) is 0 Å². The fourth-order valence-electron chi connectivity index (χ4n) is 1.93. The molecule has 0 bridgehead atoms. The van der Waals surface area contributed by atoms with Crippen molar-refractivity contribution in [2.45, 2.75) is 19.5 Å². The van der Waals surface area contributed by atoms with Crippen molar-refractivity contribution in [1.82, 2.24) is 5.32 Å². The Balaban J connectivity index is 2.00. The van der Waals surface area contributed by atoms with Crippen molar-refractivity contribution in [2.75, 3.05) is 0 Å². The second-order valence-electron chi connectivity index (χ2n) is 4.51. The molecule has 2 N–H and O–H groups in total. The molecule has 0 amide bonds. The molecule has 0 heterocycles. The first kappa shape index (κ1) is 13.1. The molecule has 0 radical (unpaired) electrons. The maximum atomic E-state index is 9.45. The Morgan fingerprint density at radius 3 is 2.74 bits per heavy atom. The maximum Gasteiger partial charge on any atom is 0.115 e. The van der Waals surface area contributed by atoms with E-state index in [4.69, 9.17) is 5.26 Å².